The van der Waals surface area contributed by atoms with Gasteiger partial charge in [0.05, 0.1) is 31.1 Å². The van der Waals surface area contributed by atoms with Gasteiger partial charge in [0.15, 0.2) is 0 Å². The van der Waals surface area contributed by atoms with Gasteiger partial charge in [-0.2, -0.15) is 0 Å². The molecule has 3 rings (SSSR count). The maximum absolute atomic E-state index is 12.2. The molecule has 0 atom stereocenters. The molecule has 6 nitrogen and oxygen atoms in total. The van der Waals surface area contributed by atoms with Crippen LogP contribution in [-0.4, -0.2) is 42.0 Å². The zero-order chi connectivity index (χ0) is 18.6. The number of nitrogens with one attached hydrogen (secondary N) is 1. The second-order valence-corrected chi connectivity index (χ2v) is 6.25. The fourth-order valence-electron chi connectivity index (χ4n) is 2.73. The van der Waals surface area contributed by atoms with E-state index in [0.29, 0.717) is 38.4 Å². The van der Waals surface area contributed by atoms with Gasteiger partial charge in [0, 0.05) is 25.5 Å². The van der Waals surface area contributed by atoms with Gasteiger partial charge in [-0.1, -0.05) is 17.3 Å². The third-order valence-electron chi connectivity index (χ3n) is 4.07. The van der Waals surface area contributed by atoms with Crippen molar-refractivity contribution in [2.24, 2.45) is 0 Å². The summed E-state index contributed by atoms with van der Waals surface area (Å²) in [6, 6.07) is 7.54. The van der Waals surface area contributed by atoms with Crippen molar-refractivity contribution in [2.75, 3.05) is 19.8 Å². The van der Waals surface area contributed by atoms with Crippen molar-refractivity contribution in [3.8, 4) is 5.75 Å². The highest BCUT2D eigenvalue weighted by molar-refractivity contribution is 5.27. The van der Waals surface area contributed by atoms with Gasteiger partial charge in [-0.15, -0.1) is 13.2 Å². The number of benzene rings is 1. The van der Waals surface area contributed by atoms with Crippen LogP contribution in [0.5, 0.6) is 5.75 Å². The van der Waals surface area contributed by atoms with Crippen LogP contribution in [0, 0.1) is 0 Å². The van der Waals surface area contributed by atoms with Crippen LogP contribution in [0.25, 0.3) is 0 Å². The van der Waals surface area contributed by atoms with E-state index >= 15 is 0 Å². The van der Waals surface area contributed by atoms with E-state index < -0.39 is 6.36 Å². The molecule has 0 radical (unpaired) electrons. The molecular weight excluding hydrogens is 353 g/mol. The molecule has 142 valence electrons. The third-order valence-corrected chi connectivity index (χ3v) is 4.07. The average molecular weight is 372 g/mol. The van der Waals surface area contributed by atoms with Crippen LogP contribution in [0.4, 0.5) is 13.2 Å². The predicted octanol–water partition coefficient (Wildman–Crippen LogP) is 2.21. The monoisotopic (exact) mass is 372 g/mol. The molecule has 2 N–H and O–H groups in total. The Bertz CT molecular complexity index is 712. The second-order valence-electron chi connectivity index (χ2n) is 6.25. The first-order chi connectivity index (χ1) is 12.4. The number of aromatic nitrogens is 1. The quantitative estimate of drug-likeness (QED) is 0.740. The Kier molecular flexibility index (Phi) is 5.49. The molecule has 2 aromatic rings. The van der Waals surface area contributed by atoms with Crippen molar-refractivity contribution < 1.29 is 32.3 Å². The molecule has 0 saturated carbocycles. The van der Waals surface area contributed by atoms with Crippen molar-refractivity contribution in [3.05, 3.63) is 47.3 Å². The molecule has 0 bridgehead atoms. The molecule has 26 heavy (non-hydrogen) atoms. The fraction of sp³-hybridized carbons (Fsp3) is 0.471. The third kappa shape index (κ3) is 4.96. The average Bonchev–Trinajstić information content (AvgIpc) is 2.97. The molecular formula is C17H19F3N2O4. The molecule has 9 heteroatoms. The van der Waals surface area contributed by atoms with Crippen LogP contribution < -0.4 is 10.1 Å². The number of hydrogen-bond acceptors (Lipinski definition) is 6. The van der Waals surface area contributed by atoms with E-state index in [1.165, 1.54) is 12.1 Å². The van der Waals surface area contributed by atoms with Gasteiger partial charge < -0.3 is 24.4 Å². The van der Waals surface area contributed by atoms with Gasteiger partial charge in [0.2, 0.25) is 0 Å². The topological polar surface area (TPSA) is 76.8 Å². The molecule has 0 unspecified atom stereocenters. The van der Waals surface area contributed by atoms with Gasteiger partial charge >= 0.3 is 6.36 Å². The summed E-state index contributed by atoms with van der Waals surface area (Å²) in [4.78, 5) is 0. The molecule has 1 fully saturated rings. The zero-order valence-corrected chi connectivity index (χ0v) is 13.9. The second kappa shape index (κ2) is 7.65. The summed E-state index contributed by atoms with van der Waals surface area (Å²) in [7, 11) is 0. The Labute approximate surface area is 147 Å². The van der Waals surface area contributed by atoms with Crippen molar-refractivity contribution in [3.63, 3.8) is 0 Å². The number of alkyl halides is 3. The van der Waals surface area contributed by atoms with E-state index in [1.807, 2.05) is 0 Å². The van der Waals surface area contributed by atoms with Gasteiger partial charge in [0.25, 0.3) is 0 Å². The van der Waals surface area contributed by atoms with Gasteiger partial charge in [-0.25, -0.2) is 0 Å². The highest BCUT2D eigenvalue weighted by atomic mass is 19.4. The van der Waals surface area contributed by atoms with E-state index in [0.717, 1.165) is 11.3 Å². The normalized spacial score (nSPS) is 16.3. The van der Waals surface area contributed by atoms with E-state index in [-0.39, 0.29) is 17.9 Å². The number of ether oxygens (including phenoxy) is 2. The van der Waals surface area contributed by atoms with Gasteiger partial charge in [-0.05, 0) is 17.7 Å². The summed E-state index contributed by atoms with van der Waals surface area (Å²) in [5.74, 6) is 0.375. The van der Waals surface area contributed by atoms with Gasteiger partial charge in [-0.3, -0.25) is 0 Å². The minimum atomic E-state index is -4.69. The first-order valence-corrected chi connectivity index (χ1v) is 8.10. The molecule has 1 aromatic heterocycles. The van der Waals surface area contributed by atoms with Crippen molar-refractivity contribution >= 4 is 0 Å². The maximum Gasteiger partial charge on any atom is 0.573 e. The summed E-state index contributed by atoms with van der Waals surface area (Å²) in [5.41, 5.74) is 1.29. The summed E-state index contributed by atoms with van der Waals surface area (Å²) >= 11 is 0. The molecule has 1 aliphatic rings. The highest BCUT2D eigenvalue weighted by Gasteiger charge is 2.39. The summed E-state index contributed by atoms with van der Waals surface area (Å²) in [6.07, 6.45) is -3.69. The Hall–Kier alpha value is -2.10. The SMILES string of the molecule is OCCc1cc(CC2(NCc3ccc(OC(F)(F)F)cc3)COC2)no1. The predicted molar refractivity (Wildman–Crippen MR) is 84.5 cm³/mol. The molecule has 1 aromatic carbocycles. The number of aliphatic hydroxyl groups excluding tert-OH is 1. The van der Waals surface area contributed by atoms with Gasteiger partial charge in [0.1, 0.15) is 11.5 Å². The molecule has 2 heterocycles. The lowest BCUT2D eigenvalue weighted by Crippen LogP contribution is -2.61. The van der Waals surface area contributed by atoms with E-state index in [9.17, 15) is 13.2 Å². The molecule has 0 spiro atoms. The number of halogens is 3. The summed E-state index contributed by atoms with van der Waals surface area (Å²) in [6.45, 7) is 1.47. The van der Waals surface area contributed by atoms with E-state index in [4.69, 9.17) is 14.4 Å². The lowest BCUT2D eigenvalue weighted by molar-refractivity contribution is -0.274. The summed E-state index contributed by atoms with van der Waals surface area (Å²) in [5, 5.41) is 16.3. The minimum absolute atomic E-state index is 0.00478. The molecule has 0 aliphatic carbocycles. The van der Waals surface area contributed by atoms with Crippen molar-refractivity contribution in [1.29, 1.82) is 0 Å². The lowest BCUT2D eigenvalue weighted by atomic mass is 9.90. The highest BCUT2D eigenvalue weighted by Crippen LogP contribution is 2.25. The Morgan fingerprint density at radius 2 is 1.96 bits per heavy atom. The number of rotatable bonds is 8. The maximum atomic E-state index is 12.2. The first kappa shape index (κ1) is 18.7. The van der Waals surface area contributed by atoms with Crippen molar-refractivity contribution in [2.45, 2.75) is 31.3 Å². The zero-order valence-electron chi connectivity index (χ0n) is 13.9. The largest absolute Gasteiger partial charge is 0.573 e. The van der Waals surface area contributed by atoms with Crippen LogP contribution in [0.3, 0.4) is 0 Å². The first-order valence-electron chi connectivity index (χ1n) is 8.10. The molecule has 1 saturated heterocycles. The molecule has 0 amide bonds. The Morgan fingerprint density at radius 1 is 1.23 bits per heavy atom. The van der Waals surface area contributed by atoms with Crippen LogP contribution in [0.1, 0.15) is 17.0 Å². The van der Waals surface area contributed by atoms with E-state index in [1.54, 1.807) is 18.2 Å². The number of hydrogen-bond donors (Lipinski definition) is 2. The molecule has 1 aliphatic heterocycles. The summed E-state index contributed by atoms with van der Waals surface area (Å²) < 4.78 is 50.9. The standard InChI is InChI=1S/C17H19F3N2O4/c18-17(19,20)25-14-3-1-12(2-4-14)9-21-16(10-24-11-16)8-13-7-15(5-6-23)26-22-13/h1-4,7,21,23H,5-6,8-11H2. The Morgan fingerprint density at radius 3 is 2.54 bits per heavy atom. The minimum Gasteiger partial charge on any atom is -0.406 e. The lowest BCUT2D eigenvalue weighted by Gasteiger charge is -2.42. The van der Waals surface area contributed by atoms with Crippen LogP contribution in [-0.2, 0) is 24.1 Å². The van der Waals surface area contributed by atoms with Crippen LogP contribution in [0.2, 0.25) is 0 Å². The van der Waals surface area contributed by atoms with Crippen LogP contribution >= 0.6 is 0 Å². The fourth-order valence-corrected chi connectivity index (χ4v) is 2.73. The van der Waals surface area contributed by atoms with Crippen LogP contribution in [0.15, 0.2) is 34.9 Å². The number of nitrogens with zero attached hydrogens (tertiary/aromatic N) is 1. The smallest absolute Gasteiger partial charge is 0.406 e. The van der Waals surface area contributed by atoms with E-state index in [2.05, 4.69) is 15.2 Å². The Balaban J connectivity index is 1.56. The van der Waals surface area contributed by atoms with Crippen molar-refractivity contribution in [1.82, 2.24) is 10.5 Å². The number of aliphatic hydroxyl groups is 1.